The lowest BCUT2D eigenvalue weighted by Gasteiger charge is -2.31. The standard InChI is InChI=1S/C23H37NO3/c1-7-8-10-15-20(22(26)27-23(3,4)5)24(6)21(25)18(2)16-17-19-13-11-9-12-14-19/h9,11-14,18,20H,7-8,10,15-17H2,1-6H3/t18-,20-/m0/s1. The number of carbonyl (C=O) groups is 2. The molecular weight excluding hydrogens is 338 g/mol. The quantitative estimate of drug-likeness (QED) is 0.427. The van der Waals surface area contributed by atoms with Crippen molar-refractivity contribution in [3.05, 3.63) is 35.9 Å². The fraction of sp³-hybridized carbons (Fsp3) is 0.652. The first kappa shape index (κ1) is 23.2. The van der Waals surface area contributed by atoms with Crippen LogP contribution in [0.2, 0.25) is 0 Å². The minimum absolute atomic E-state index is 0.0123. The predicted molar refractivity (Wildman–Crippen MR) is 110 cm³/mol. The first-order valence-electron chi connectivity index (χ1n) is 10.2. The van der Waals surface area contributed by atoms with Crippen LogP contribution in [-0.4, -0.2) is 35.5 Å². The van der Waals surface area contributed by atoms with Crippen LogP contribution in [0.5, 0.6) is 0 Å². The highest BCUT2D eigenvalue weighted by atomic mass is 16.6. The van der Waals surface area contributed by atoms with Crippen molar-refractivity contribution >= 4 is 11.9 Å². The summed E-state index contributed by atoms with van der Waals surface area (Å²) < 4.78 is 5.58. The summed E-state index contributed by atoms with van der Waals surface area (Å²) in [5.74, 6) is -0.422. The Morgan fingerprint density at radius 3 is 2.26 bits per heavy atom. The van der Waals surface area contributed by atoms with Gasteiger partial charge in [0.25, 0.3) is 0 Å². The summed E-state index contributed by atoms with van der Waals surface area (Å²) in [6.45, 7) is 9.65. The Morgan fingerprint density at radius 1 is 1.07 bits per heavy atom. The number of nitrogens with zero attached hydrogens (tertiary/aromatic N) is 1. The topological polar surface area (TPSA) is 46.6 Å². The molecule has 0 aliphatic heterocycles. The molecule has 4 nitrogen and oxygen atoms in total. The average Bonchev–Trinajstić information content (AvgIpc) is 2.61. The number of unbranched alkanes of at least 4 members (excludes halogenated alkanes) is 2. The van der Waals surface area contributed by atoms with Crippen LogP contribution in [0.3, 0.4) is 0 Å². The molecule has 0 aliphatic carbocycles. The molecule has 1 rings (SSSR count). The fourth-order valence-electron chi connectivity index (χ4n) is 3.08. The van der Waals surface area contributed by atoms with E-state index in [-0.39, 0.29) is 17.8 Å². The number of hydrogen-bond donors (Lipinski definition) is 0. The van der Waals surface area contributed by atoms with E-state index < -0.39 is 11.6 Å². The molecule has 0 saturated carbocycles. The second kappa shape index (κ2) is 11.1. The Balaban J connectivity index is 2.73. The van der Waals surface area contributed by atoms with Gasteiger partial charge in [0, 0.05) is 13.0 Å². The van der Waals surface area contributed by atoms with E-state index in [2.05, 4.69) is 19.1 Å². The number of ether oxygens (including phenoxy) is 1. The van der Waals surface area contributed by atoms with Crippen LogP contribution < -0.4 is 0 Å². The van der Waals surface area contributed by atoms with Crippen molar-refractivity contribution in [2.45, 2.75) is 84.8 Å². The van der Waals surface area contributed by atoms with Crippen LogP contribution in [0.4, 0.5) is 0 Å². The first-order chi connectivity index (χ1) is 12.7. The van der Waals surface area contributed by atoms with Crippen LogP contribution in [0.25, 0.3) is 0 Å². The average molecular weight is 376 g/mol. The molecule has 1 amide bonds. The first-order valence-corrected chi connectivity index (χ1v) is 10.2. The molecule has 152 valence electrons. The molecule has 0 aromatic heterocycles. The summed E-state index contributed by atoms with van der Waals surface area (Å²) in [6, 6.07) is 9.67. The van der Waals surface area contributed by atoms with E-state index in [4.69, 9.17) is 4.74 Å². The second-order valence-electron chi connectivity index (χ2n) is 8.42. The van der Waals surface area contributed by atoms with E-state index in [1.54, 1.807) is 11.9 Å². The summed E-state index contributed by atoms with van der Waals surface area (Å²) in [7, 11) is 1.74. The van der Waals surface area contributed by atoms with E-state index in [1.165, 1.54) is 5.56 Å². The van der Waals surface area contributed by atoms with Crippen molar-refractivity contribution in [1.82, 2.24) is 4.90 Å². The fourth-order valence-corrected chi connectivity index (χ4v) is 3.08. The number of amides is 1. The lowest BCUT2D eigenvalue weighted by atomic mass is 9.98. The lowest BCUT2D eigenvalue weighted by Crippen LogP contribution is -2.47. The number of benzene rings is 1. The summed E-state index contributed by atoms with van der Waals surface area (Å²) in [4.78, 5) is 27.2. The zero-order chi connectivity index (χ0) is 20.4. The van der Waals surface area contributed by atoms with Crippen LogP contribution >= 0.6 is 0 Å². The molecule has 0 N–H and O–H groups in total. The zero-order valence-corrected chi connectivity index (χ0v) is 18.0. The van der Waals surface area contributed by atoms with E-state index in [0.717, 1.165) is 32.1 Å². The van der Waals surface area contributed by atoms with Crippen LogP contribution in [0.15, 0.2) is 30.3 Å². The van der Waals surface area contributed by atoms with E-state index in [0.29, 0.717) is 6.42 Å². The van der Waals surface area contributed by atoms with Gasteiger partial charge < -0.3 is 9.64 Å². The molecule has 0 fully saturated rings. The lowest BCUT2D eigenvalue weighted by molar-refractivity contribution is -0.165. The minimum Gasteiger partial charge on any atom is -0.458 e. The van der Waals surface area contributed by atoms with Crippen molar-refractivity contribution in [3.8, 4) is 0 Å². The highest BCUT2D eigenvalue weighted by Crippen LogP contribution is 2.19. The Kier molecular flexibility index (Phi) is 9.54. The van der Waals surface area contributed by atoms with Gasteiger partial charge in [-0.2, -0.15) is 0 Å². The molecule has 4 heteroatoms. The van der Waals surface area contributed by atoms with Crippen LogP contribution in [-0.2, 0) is 20.7 Å². The number of rotatable bonds is 10. The zero-order valence-electron chi connectivity index (χ0n) is 18.0. The van der Waals surface area contributed by atoms with Gasteiger partial charge in [-0.15, -0.1) is 0 Å². The third-order valence-corrected chi connectivity index (χ3v) is 4.71. The van der Waals surface area contributed by atoms with Crippen molar-refractivity contribution in [3.63, 3.8) is 0 Å². The Labute approximate surface area is 165 Å². The molecule has 27 heavy (non-hydrogen) atoms. The number of aryl methyl sites for hydroxylation is 1. The molecule has 0 spiro atoms. The smallest absolute Gasteiger partial charge is 0.329 e. The van der Waals surface area contributed by atoms with Crippen LogP contribution in [0, 0.1) is 5.92 Å². The maximum Gasteiger partial charge on any atom is 0.329 e. The molecule has 0 bridgehead atoms. The number of hydrogen-bond acceptors (Lipinski definition) is 3. The molecule has 0 saturated heterocycles. The third kappa shape index (κ3) is 8.59. The Bertz CT molecular complexity index is 577. The van der Waals surface area contributed by atoms with Crippen molar-refractivity contribution in [2.24, 2.45) is 5.92 Å². The molecular formula is C23H37NO3. The van der Waals surface area contributed by atoms with Gasteiger partial charge in [-0.1, -0.05) is 63.4 Å². The maximum atomic E-state index is 12.9. The van der Waals surface area contributed by atoms with Gasteiger partial charge in [0.2, 0.25) is 5.91 Å². The van der Waals surface area contributed by atoms with Gasteiger partial charge in [-0.3, -0.25) is 4.79 Å². The maximum absolute atomic E-state index is 12.9. The second-order valence-corrected chi connectivity index (χ2v) is 8.42. The summed E-state index contributed by atoms with van der Waals surface area (Å²) >= 11 is 0. The van der Waals surface area contributed by atoms with Gasteiger partial charge in [0.05, 0.1) is 0 Å². The molecule has 2 atom stereocenters. The summed E-state index contributed by atoms with van der Waals surface area (Å²) in [5.41, 5.74) is 0.676. The van der Waals surface area contributed by atoms with Crippen molar-refractivity contribution in [1.29, 1.82) is 0 Å². The van der Waals surface area contributed by atoms with Gasteiger partial charge in [0.15, 0.2) is 0 Å². The van der Waals surface area contributed by atoms with Gasteiger partial charge in [-0.05, 0) is 45.6 Å². The van der Waals surface area contributed by atoms with E-state index in [9.17, 15) is 9.59 Å². The summed E-state index contributed by atoms with van der Waals surface area (Å²) in [6.07, 6.45) is 5.31. The molecule has 0 radical (unpaired) electrons. The molecule has 1 aromatic carbocycles. The van der Waals surface area contributed by atoms with E-state index >= 15 is 0 Å². The van der Waals surface area contributed by atoms with Crippen molar-refractivity contribution < 1.29 is 14.3 Å². The monoisotopic (exact) mass is 375 g/mol. The van der Waals surface area contributed by atoms with Gasteiger partial charge >= 0.3 is 5.97 Å². The number of carbonyl (C=O) groups excluding carboxylic acids is 2. The van der Waals surface area contributed by atoms with Crippen molar-refractivity contribution in [2.75, 3.05) is 7.05 Å². The molecule has 0 unspecified atom stereocenters. The predicted octanol–water partition coefficient (Wildman–Crippen LogP) is 5.00. The third-order valence-electron chi connectivity index (χ3n) is 4.71. The molecule has 0 heterocycles. The highest BCUT2D eigenvalue weighted by Gasteiger charge is 2.32. The number of likely N-dealkylation sites (N-methyl/N-ethyl adjacent to an activating group) is 1. The van der Waals surface area contributed by atoms with E-state index in [1.807, 2.05) is 45.9 Å². The largest absolute Gasteiger partial charge is 0.458 e. The van der Waals surface area contributed by atoms with Crippen LogP contribution in [0.1, 0.15) is 72.3 Å². The Morgan fingerprint density at radius 2 is 1.70 bits per heavy atom. The van der Waals surface area contributed by atoms with Gasteiger partial charge in [0.1, 0.15) is 11.6 Å². The highest BCUT2D eigenvalue weighted by molar-refractivity contribution is 5.85. The normalized spacial score (nSPS) is 13.7. The summed E-state index contributed by atoms with van der Waals surface area (Å²) in [5, 5.41) is 0. The Hall–Kier alpha value is -1.84. The minimum atomic E-state index is -0.553. The van der Waals surface area contributed by atoms with Gasteiger partial charge in [-0.25, -0.2) is 4.79 Å². The number of esters is 1. The molecule has 0 aliphatic rings. The molecule has 1 aromatic rings. The SMILES string of the molecule is CCCCC[C@@H](C(=O)OC(C)(C)C)N(C)C(=O)[C@@H](C)CCc1ccccc1.